The number of ether oxygens (including phenoxy) is 1. The number of aromatic nitrogens is 1. The van der Waals surface area contributed by atoms with E-state index in [9.17, 15) is 4.79 Å². The quantitative estimate of drug-likeness (QED) is 0.637. The standard InChI is InChI=1S/C25H32N2O2/c1-19-11-10-18-27(23-22(24(28)29-2)16-9-17-26-23)25(19,20-12-5-3-6-13-20)21-14-7-4-8-15-21/h3,5-6,9,12-13,16-17,19,21H,4,7-8,10-11,14-15,18H2,1-2H3. The molecule has 0 amide bonds. The second-order valence-corrected chi connectivity index (χ2v) is 8.59. The lowest BCUT2D eigenvalue weighted by molar-refractivity contribution is 0.0597. The molecule has 154 valence electrons. The Morgan fingerprint density at radius 2 is 1.79 bits per heavy atom. The molecule has 4 heteroatoms. The van der Waals surface area contributed by atoms with E-state index in [1.807, 2.05) is 12.1 Å². The molecule has 2 heterocycles. The molecular weight excluding hydrogens is 360 g/mol. The number of benzene rings is 1. The van der Waals surface area contributed by atoms with Gasteiger partial charge in [-0.25, -0.2) is 9.78 Å². The molecule has 4 nitrogen and oxygen atoms in total. The van der Waals surface area contributed by atoms with E-state index < -0.39 is 0 Å². The zero-order chi connectivity index (χ0) is 20.3. The maximum Gasteiger partial charge on any atom is 0.341 e. The topological polar surface area (TPSA) is 42.4 Å². The molecule has 1 aliphatic heterocycles. The summed E-state index contributed by atoms with van der Waals surface area (Å²) < 4.78 is 5.11. The number of methoxy groups -OCH3 is 1. The molecule has 2 aliphatic rings. The van der Waals surface area contributed by atoms with Crippen LogP contribution in [-0.2, 0) is 10.3 Å². The van der Waals surface area contributed by atoms with Crippen LogP contribution < -0.4 is 4.90 Å². The van der Waals surface area contributed by atoms with Crippen LogP contribution in [0.2, 0.25) is 0 Å². The van der Waals surface area contributed by atoms with Gasteiger partial charge >= 0.3 is 5.97 Å². The van der Waals surface area contributed by atoms with E-state index in [0.717, 1.165) is 18.8 Å². The minimum absolute atomic E-state index is 0.142. The predicted molar refractivity (Wildman–Crippen MR) is 116 cm³/mol. The fraction of sp³-hybridized carbons (Fsp3) is 0.520. The molecule has 2 fully saturated rings. The van der Waals surface area contributed by atoms with Crippen LogP contribution in [0, 0.1) is 11.8 Å². The second-order valence-electron chi connectivity index (χ2n) is 8.59. The maximum atomic E-state index is 12.6. The van der Waals surface area contributed by atoms with Gasteiger partial charge in [0, 0.05) is 12.7 Å². The number of piperidine rings is 1. The molecule has 0 spiro atoms. The molecule has 1 aromatic carbocycles. The lowest BCUT2D eigenvalue weighted by atomic mass is 9.61. The fourth-order valence-electron chi connectivity index (χ4n) is 5.94. The second kappa shape index (κ2) is 8.56. The molecule has 0 N–H and O–H groups in total. The lowest BCUT2D eigenvalue weighted by Gasteiger charge is -2.57. The van der Waals surface area contributed by atoms with Gasteiger partial charge in [-0.05, 0) is 55.2 Å². The maximum absolute atomic E-state index is 12.6. The monoisotopic (exact) mass is 392 g/mol. The first kappa shape index (κ1) is 19.9. The van der Waals surface area contributed by atoms with Gasteiger partial charge in [0.25, 0.3) is 0 Å². The Morgan fingerprint density at radius 1 is 1.03 bits per heavy atom. The SMILES string of the molecule is COC(=O)c1cccnc1N1CCCC(C)C1(c1ccccc1)C1CCCCC1. The van der Waals surface area contributed by atoms with Crippen LogP contribution in [0.15, 0.2) is 48.7 Å². The molecule has 2 aromatic rings. The lowest BCUT2D eigenvalue weighted by Crippen LogP contribution is -2.59. The van der Waals surface area contributed by atoms with E-state index in [1.54, 1.807) is 6.20 Å². The van der Waals surface area contributed by atoms with Crippen molar-refractivity contribution in [2.45, 2.75) is 57.4 Å². The van der Waals surface area contributed by atoms with E-state index in [4.69, 9.17) is 9.72 Å². The van der Waals surface area contributed by atoms with E-state index in [2.05, 4.69) is 42.2 Å². The summed E-state index contributed by atoms with van der Waals surface area (Å²) in [6.45, 7) is 3.31. The van der Waals surface area contributed by atoms with Gasteiger partial charge in [-0.15, -0.1) is 0 Å². The molecule has 1 saturated heterocycles. The minimum Gasteiger partial charge on any atom is -0.465 e. The van der Waals surface area contributed by atoms with Crippen LogP contribution in [0.25, 0.3) is 0 Å². The predicted octanol–water partition coefficient (Wildman–Crippen LogP) is 5.58. The fourth-order valence-corrected chi connectivity index (χ4v) is 5.94. The van der Waals surface area contributed by atoms with Crippen LogP contribution in [0.1, 0.15) is 67.8 Å². The highest BCUT2D eigenvalue weighted by molar-refractivity contribution is 5.95. The van der Waals surface area contributed by atoms with Crippen molar-refractivity contribution in [2.75, 3.05) is 18.6 Å². The van der Waals surface area contributed by atoms with Gasteiger partial charge in [0.05, 0.1) is 12.6 Å². The number of carbonyl (C=O) groups is 1. The first-order valence-corrected chi connectivity index (χ1v) is 11.1. The number of hydrogen-bond acceptors (Lipinski definition) is 4. The van der Waals surface area contributed by atoms with Crippen molar-refractivity contribution >= 4 is 11.8 Å². The molecule has 2 unspecified atom stereocenters. The van der Waals surface area contributed by atoms with Crippen LogP contribution in [-0.4, -0.2) is 24.6 Å². The van der Waals surface area contributed by atoms with Crippen molar-refractivity contribution in [3.63, 3.8) is 0 Å². The third-order valence-electron chi connectivity index (χ3n) is 7.13. The van der Waals surface area contributed by atoms with Crippen molar-refractivity contribution in [3.05, 3.63) is 59.8 Å². The Kier molecular flexibility index (Phi) is 5.89. The van der Waals surface area contributed by atoms with Crippen molar-refractivity contribution in [1.82, 2.24) is 4.98 Å². The van der Waals surface area contributed by atoms with Gasteiger partial charge in [0.1, 0.15) is 11.4 Å². The first-order valence-electron chi connectivity index (χ1n) is 11.1. The van der Waals surface area contributed by atoms with E-state index in [0.29, 0.717) is 17.4 Å². The average molecular weight is 393 g/mol. The Hall–Kier alpha value is -2.36. The third kappa shape index (κ3) is 3.43. The molecule has 4 rings (SSSR count). The Labute approximate surface area is 174 Å². The number of nitrogens with zero attached hydrogens (tertiary/aromatic N) is 2. The van der Waals surface area contributed by atoms with Gasteiger partial charge < -0.3 is 9.64 Å². The highest BCUT2D eigenvalue weighted by Gasteiger charge is 2.52. The Bertz CT molecular complexity index is 832. The molecule has 1 aromatic heterocycles. The largest absolute Gasteiger partial charge is 0.465 e. The van der Waals surface area contributed by atoms with Gasteiger partial charge in [-0.1, -0.05) is 56.5 Å². The van der Waals surface area contributed by atoms with Gasteiger partial charge in [-0.2, -0.15) is 0 Å². The smallest absolute Gasteiger partial charge is 0.341 e. The van der Waals surface area contributed by atoms with Crippen molar-refractivity contribution in [1.29, 1.82) is 0 Å². The first-order chi connectivity index (χ1) is 14.2. The minimum atomic E-state index is -0.308. The normalized spacial score (nSPS) is 25.6. The summed E-state index contributed by atoms with van der Waals surface area (Å²) in [5.74, 6) is 1.51. The molecule has 2 atom stereocenters. The van der Waals surface area contributed by atoms with Crippen LogP contribution in [0.4, 0.5) is 5.82 Å². The Balaban J connectivity index is 1.92. The summed E-state index contributed by atoms with van der Waals surface area (Å²) in [4.78, 5) is 19.8. The van der Waals surface area contributed by atoms with Crippen molar-refractivity contribution < 1.29 is 9.53 Å². The van der Waals surface area contributed by atoms with Gasteiger partial charge in [0.15, 0.2) is 0 Å². The third-order valence-corrected chi connectivity index (χ3v) is 7.13. The van der Waals surface area contributed by atoms with E-state index >= 15 is 0 Å². The van der Waals surface area contributed by atoms with Crippen LogP contribution in [0.5, 0.6) is 0 Å². The average Bonchev–Trinajstić information content (AvgIpc) is 2.79. The summed E-state index contributed by atoms with van der Waals surface area (Å²) in [6, 6.07) is 14.6. The van der Waals surface area contributed by atoms with Crippen LogP contribution >= 0.6 is 0 Å². The number of carbonyl (C=O) groups excluding carboxylic acids is 1. The highest BCUT2D eigenvalue weighted by Crippen LogP contribution is 2.53. The summed E-state index contributed by atoms with van der Waals surface area (Å²) in [5.41, 5.74) is 1.79. The van der Waals surface area contributed by atoms with E-state index in [-0.39, 0.29) is 11.5 Å². The molecule has 0 radical (unpaired) electrons. The number of esters is 1. The number of hydrogen-bond donors (Lipinski definition) is 0. The van der Waals surface area contributed by atoms with Gasteiger partial charge in [-0.3, -0.25) is 0 Å². The number of pyridine rings is 1. The van der Waals surface area contributed by atoms with Gasteiger partial charge in [0.2, 0.25) is 0 Å². The molecule has 29 heavy (non-hydrogen) atoms. The molecule has 1 aliphatic carbocycles. The Morgan fingerprint density at radius 3 is 2.52 bits per heavy atom. The van der Waals surface area contributed by atoms with Crippen LogP contribution in [0.3, 0.4) is 0 Å². The summed E-state index contributed by atoms with van der Waals surface area (Å²) in [6.07, 6.45) is 10.5. The summed E-state index contributed by atoms with van der Waals surface area (Å²) in [7, 11) is 1.45. The van der Waals surface area contributed by atoms with Crippen molar-refractivity contribution in [2.24, 2.45) is 11.8 Å². The zero-order valence-electron chi connectivity index (χ0n) is 17.6. The molecular formula is C25H32N2O2. The number of rotatable bonds is 4. The zero-order valence-corrected chi connectivity index (χ0v) is 17.6. The molecule has 1 saturated carbocycles. The highest BCUT2D eigenvalue weighted by atomic mass is 16.5. The summed E-state index contributed by atoms with van der Waals surface area (Å²) >= 11 is 0. The number of anilines is 1. The van der Waals surface area contributed by atoms with Crippen molar-refractivity contribution in [3.8, 4) is 0 Å². The molecule has 0 bridgehead atoms. The van der Waals surface area contributed by atoms with E-state index in [1.165, 1.54) is 51.2 Å². The summed E-state index contributed by atoms with van der Waals surface area (Å²) in [5, 5.41) is 0.